The number of carbonyl (C=O) groups is 1. The van der Waals surface area contributed by atoms with Gasteiger partial charge in [-0.3, -0.25) is 9.69 Å². The lowest BCUT2D eigenvalue weighted by atomic mass is 10.0. The molecule has 0 aromatic heterocycles. The van der Waals surface area contributed by atoms with Gasteiger partial charge in [0.25, 0.3) is 5.91 Å². The normalized spacial score (nSPS) is 16.0. The molecule has 2 aromatic rings. The van der Waals surface area contributed by atoms with Crippen molar-refractivity contribution in [2.45, 2.75) is 20.8 Å². The minimum Gasteiger partial charge on any atom is -0.507 e. The van der Waals surface area contributed by atoms with E-state index in [1.165, 1.54) is 4.90 Å². The average Bonchev–Trinajstić information content (AvgIpc) is 2.80. The molecule has 0 unspecified atom stereocenters. The van der Waals surface area contributed by atoms with Crippen LogP contribution in [0.3, 0.4) is 0 Å². The Kier molecular flexibility index (Phi) is 4.11. The Hall–Kier alpha value is -2.66. The number of aryl methyl sites for hydroxylation is 3. The van der Waals surface area contributed by atoms with Crippen molar-refractivity contribution in [3.8, 4) is 5.75 Å². The minimum atomic E-state index is -0.183. The van der Waals surface area contributed by atoms with Gasteiger partial charge in [-0.05, 0) is 79.5 Å². The van der Waals surface area contributed by atoms with Gasteiger partial charge in [0.2, 0.25) is 0 Å². The third kappa shape index (κ3) is 2.78. The Morgan fingerprint density at radius 3 is 2.33 bits per heavy atom. The molecule has 5 heteroatoms. The Balaban J connectivity index is 1.99. The molecule has 122 valence electrons. The maximum Gasteiger partial charge on any atom is 0.281 e. The Bertz CT molecular complexity index is 864. The van der Waals surface area contributed by atoms with Gasteiger partial charge in [-0.25, -0.2) is 0 Å². The maximum atomic E-state index is 12.8. The van der Waals surface area contributed by atoms with E-state index >= 15 is 0 Å². The zero-order chi connectivity index (χ0) is 17.4. The van der Waals surface area contributed by atoms with Gasteiger partial charge in [-0.15, -0.1) is 0 Å². The molecule has 0 aliphatic carbocycles. The van der Waals surface area contributed by atoms with E-state index in [1.54, 1.807) is 6.08 Å². The van der Waals surface area contributed by atoms with Crippen LogP contribution in [-0.2, 0) is 4.79 Å². The molecule has 24 heavy (non-hydrogen) atoms. The van der Waals surface area contributed by atoms with Crippen LogP contribution in [0.1, 0.15) is 22.3 Å². The van der Waals surface area contributed by atoms with E-state index < -0.39 is 0 Å². The lowest BCUT2D eigenvalue weighted by Gasteiger charge is -2.16. The first-order chi connectivity index (χ1) is 11.4. The number of rotatable bonds is 2. The highest BCUT2D eigenvalue weighted by Crippen LogP contribution is 2.27. The second-order valence-electron chi connectivity index (χ2n) is 5.92. The fourth-order valence-corrected chi connectivity index (χ4v) is 3.10. The van der Waals surface area contributed by atoms with E-state index in [1.807, 2.05) is 57.2 Å². The van der Waals surface area contributed by atoms with Crippen molar-refractivity contribution >= 4 is 35.0 Å². The molecule has 4 nitrogen and oxygen atoms in total. The lowest BCUT2D eigenvalue weighted by Crippen LogP contribution is -2.30. The summed E-state index contributed by atoms with van der Waals surface area (Å²) in [6.07, 6.45) is 1.76. The molecular formula is C19H18N2O2S. The minimum absolute atomic E-state index is 0.183. The molecule has 0 atom stereocenters. The van der Waals surface area contributed by atoms with Crippen LogP contribution in [0.2, 0.25) is 0 Å². The van der Waals surface area contributed by atoms with Gasteiger partial charge in [0.1, 0.15) is 11.4 Å². The number of thiocarbonyl (C=S) groups is 1. The number of anilines is 1. The summed E-state index contributed by atoms with van der Waals surface area (Å²) in [5, 5.41) is 13.2. The largest absolute Gasteiger partial charge is 0.507 e. The molecule has 1 aliphatic heterocycles. The lowest BCUT2D eigenvalue weighted by molar-refractivity contribution is -0.113. The van der Waals surface area contributed by atoms with Gasteiger partial charge in [0.15, 0.2) is 5.11 Å². The molecule has 1 heterocycles. The number of hydrogen-bond donors (Lipinski definition) is 2. The second kappa shape index (κ2) is 6.09. The third-order valence-electron chi connectivity index (χ3n) is 4.06. The van der Waals surface area contributed by atoms with E-state index in [-0.39, 0.29) is 11.7 Å². The van der Waals surface area contributed by atoms with Gasteiger partial charge in [0.05, 0.1) is 5.69 Å². The Labute approximate surface area is 146 Å². The number of benzene rings is 2. The van der Waals surface area contributed by atoms with Crippen LogP contribution in [0.15, 0.2) is 42.1 Å². The molecule has 1 fully saturated rings. The van der Waals surface area contributed by atoms with E-state index in [0.29, 0.717) is 10.8 Å². The average molecular weight is 338 g/mol. The van der Waals surface area contributed by atoms with Crippen LogP contribution >= 0.6 is 12.2 Å². The van der Waals surface area contributed by atoms with E-state index in [0.717, 1.165) is 27.9 Å². The quantitative estimate of drug-likeness (QED) is 0.649. The number of aromatic hydroxyl groups is 1. The molecule has 1 saturated heterocycles. The summed E-state index contributed by atoms with van der Waals surface area (Å²) < 4.78 is 0. The summed E-state index contributed by atoms with van der Waals surface area (Å²) in [6.45, 7) is 5.61. The van der Waals surface area contributed by atoms with E-state index in [9.17, 15) is 9.90 Å². The number of carbonyl (C=O) groups excluding carboxylic acids is 1. The second-order valence-corrected chi connectivity index (χ2v) is 6.31. The monoisotopic (exact) mass is 338 g/mol. The molecule has 2 N–H and O–H groups in total. The zero-order valence-electron chi connectivity index (χ0n) is 13.8. The van der Waals surface area contributed by atoms with Crippen molar-refractivity contribution < 1.29 is 9.90 Å². The fourth-order valence-electron chi connectivity index (χ4n) is 2.81. The standard InChI is InChI=1S/C19H18N2O2S/c1-11-6-4-5-7-16(11)21-18(23)15(20-19(21)24)10-14-8-12(2)17(22)13(3)9-14/h4-10,22H,1-3H3,(H,20,24)/b15-10-. The van der Waals surface area contributed by atoms with Crippen LogP contribution in [-0.4, -0.2) is 16.1 Å². The van der Waals surface area contributed by atoms with Crippen molar-refractivity contribution in [1.29, 1.82) is 0 Å². The molecule has 0 radical (unpaired) electrons. The first kappa shape index (κ1) is 16.2. The first-order valence-electron chi connectivity index (χ1n) is 7.61. The molecule has 0 bridgehead atoms. The van der Waals surface area contributed by atoms with Gasteiger partial charge in [-0.1, -0.05) is 18.2 Å². The molecule has 2 aromatic carbocycles. The highest BCUT2D eigenvalue weighted by Gasteiger charge is 2.32. The van der Waals surface area contributed by atoms with Crippen molar-refractivity contribution in [3.63, 3.8) is 0 Å². The number of nitrogens with zero attached hydrogens (tertiary/aromatic N) is 1. The third-order valence-corrected chi connectivity index (χ3v) is 4.34. The Morgan fingerprint density at radius 2 is 1.71 bits per heavy atom. The number of nitrogens with one attached hydrogen (secondary N) is 1. The van der Waals surface area contributed by atoms with Crippen LogP contribution in [0.5, 0.6) is 5.75 Å². The zero-order valence-corrected chi connectivity index (χ0v) is 14.6. The SMILES string of the molecule is Cc1ccccc1N1C(=O)/C(=C/c2cc(C)c(O)c(C)c2)NC1=S. The summed E-state index contributed by atoms with van der Waals surface area (Å²) in [5.41, 5.74) is 4.56. The number of amides is 1. The highest BCUT2D eigenvalue weighted by molar-refractivity contribution is 7.80. The van der Waals surface area contributed by atoms with Crippen molar-refractivity contribution in [2.24, 2.45) is 0 Å². The van der Waals surface area contributed by atoms with E-state index in [4.69, 9.17) is 12.2 Å². The van der Waals surface area contributed by atoms with Crippen molar-refractivity contribution in [1.82, 2.24) is 5.32 Å². The summed E-state index contributed by atoms with van der Waals surface area (Å²) in [6, 6.07) is 11.3. The summed E-state index contributed by atoms with van der Waals surface area (Å²) in [7, 11) is 0. The molecule has 0 saturated carbocycles. The van der Waals surface area contributed by atoms with Crippen LogP contribution in [0.4, 0.5) is 5.69 Å². The molecule has 1 aliphatic rings. The molecule has 3 rings (SSSR count). The first-order valence-corrected chi connectivity index (χ1v) is 8.02. The predicted molar refractivity (Wildman–Crippen MR) is 100.0 cm³/mol. The maximum absolute atomic E-state index is 12.8. The summed E-state index contributed by atoms with van der Waals surface area (Å²) in [5.74, 6) is 0.0950. The number of phenolic OH excluding ortho intramolecular Hbond substituents is 1. The summed E-state index contributed by atoms with van der Waals surface area (Å²) >= 11 is 5.34. The highest BCUT2D eigenvalue weighted by atomic mass is 32.1. The Morgan fingerprint density at radius 1 is 1.08 bits per heavy atom. The van der Waals surface area contributed by atoms with Crippen LogP contribution < -0.4 is 10.2 Å². The van der Waals surface area contributed by atoms with Gasteiger partial charge in [-0.2, -0.15) is 0 Å². The smallest absolute Gasteiger partial charge is 0.281 e. The van der Waals surface area contributed by atoms with E-state index in [2.05, 4.69) is 5.32 Å². The van der Waals surface area contributed by atoms with Crippen molar-refractivity contribution in [3.05, 3.63) is 64.3 Å². The molecule has 1 amide bonds. The van der Waals surface area contributed by atoms with Gasteiger partial charge in [0, 0.05) is 0 Å². The number of hydrogen-bond acceptors (Lipinski definition) is 3. The predicted octanol–water partition coefficient (Wildman–Crippen LogP) is 3.58. The van der Waals surface area contributed by atoms with Crippen LogP contribution in [0, 0.1) is 20.8 Å². The van der Waals surface area contributed by atoms with Gasteiger partial charge < -0.3 is 10.4 Å². The summed E-state index contributed by atoms with van der Waals surface area (Å²) in [4.78, 5) is 14.3. The van der Waals surface area contributed by atoms with Crippen LogP contribution in [0.25, 0.3) is 6.08 Å². The number of phenols is 1. The van der Waals surface area contributed by atoms with Crippen molar-refractivity contribution in [2.75, 3.05) is 4.90 Å². The molecule has 0 spiro atoms. The topological polar surface area (TPSA) is 52.6 Å². The fraction of sp³-hybridized carbons (Fsp3) is 0.158. The molecular weight excluding hydrogens is 320 g/mol. The number of para-hydroxylation sites is 1. The van der Waals surface area contributed by atoms with Gasteiger partial charge >= 0.3 is 0 Å².